The normalized spacial score (nSPS) is 12.0. The molecule has 0 bridgehead atoms. The van der Waals surface area contributed by atoms with Crippen LogP contribution in [0.15, 0.2) is 35.7 Å². The van der Waals surface area contributed by atoms with Crippen LogP contribution in [0.3, 0.4) is 0 Å². The monoisotopic (exact) mass is 353 g/mol. The Morgan fingerprint density at radius 1 is 1.17 bits per heavy atom. The van der Waals surface area contributed by atoms with Crippen molar-refractivity contribution in [1.82, 2.24) is 14.6 Å². The molecule has 2 rings (SSSR count). The Bertz CT molecular complexity index is 695. The van der Waals surface area contributed by atoms with Gasteiger partial charge in [0.25, 0.3) is 0 Å². The SMILES string of the molecule is CCN(CC)Cc1csc(CNS(=O)(=O)Cc2ccccc2)n1. The van der Waals surface area contributed by atoms with Crippen molar-refractivity contribution in [3.8, 4) is 0 Å². The number of sulfonamides is 1. The van der Waals surface area contributed by atoms with Gasteiger partial charge in [0, 0.05) is 11.9 Å². The van der Waals surface area contributed by atoms with Gasteiger partial charge in [-0.1, -0.05) is 44.2 Å². The van der Waals surface area contributed by atoms with Crippen LogP contribution in [0.2, 0.25) is 0 Å². The van der Waals surface area contributed by atoms with Crippen LogP contribution in [0.4, 0.5) is 0 Å². The van der Waals surface area contributed by atoms with E-state index in [-0.39, 0.29) is 12.3 Å². The minimum absolute atomic E-state index is 0.00841. The summed E-state index contributed by atoms with van der Waals surface area (Å²) >= 11 is 1.49. The lowest BCUT2D eigenvalue weighted by molar-refractivity contribution is 0.292. The number of thiazole rings is 1. The molecule has 126 valence electrons. The fraction of sp³-hybridized carbons (Fsp3) is 0.438. The summed E-state index contributed by atoms with van der Waals surface area (Å²) in [6.07, 6.45) is 0. The molecule has 0 aliphatic carbocycles. The zero-order valence-electron chi connectivity index (χ0n) is 13.5. The fourth-order valence-electron chi connectivity index (χ4n) is 2.20. The van der Waals surface area contributed by atoms with Gasteiger partial charge >= 0.3 is 0 Å². The van der Waals surface area contributed by atoms with Crippen LogP contribution in [-0.2, 0) is 28.9 Å². The van der Waals surface area contributed by atoms with E-state index < -0.39 is 10.0 Å². The number of hydrogen-bond donors (Lipinski definition) is 1. The second kappa shape index (κ2) is 8.54. The van der Waals surface area contributed by atoms with E-state index in [1.807, 2.05) is 35.7 Å². The summed E-state index contributed by atoms with van der Waals surface area (Å²) in [7, 11) is -3.35. The molecule has 0 aliphatic rings. The van der Waals surface area contributed by atoms with Gasteiger partial charge in [-0.3, -0.25) is 4.90 Å². The topological polar surface area (TPSA) is 62.3 Å². The first kappa shape index (κ1) is 18.1. The molecule has 0 atom stereocenters. The van der Waals surface area contributed by atoms with Crippen molar-refractivity contribution in [1.29, 1.82) is 0 Å². The molecule has 0 spiro atoms. The lowest BCUT2D eigenvalue weighted by Crippen LogP contribution is -2.25. The zero-order valence-corrected chi connectivity index (χ0v) is 15.2. The Kier molecular flexibility index (Phi) is 6.71. The molecule has 5 nitrogen and oxygen atoms in total. The zero-order chi connectivity index (χ0) is 16.7. The lowest BCUT2D eigenvalue weighted by Gasteiger charge is -2.15. The highest BCUT2D eigenvalue weighted by atomic mass is 32.2. The molecule has 1 aromatic carbocycles. The fourth-order valence-corrected chi connectivity index (χ4v) is 4.10. The van der Waals surface area contributed by atoms with Crippen molar-refractivity contribution < 1.29 is 8.42 Å². The summed E-state index contributed by atoms with van der Waals surface area (Å²) < 4.78 is 26.8. The first-order valence-electron chi connectivity index (χ1n) is 7.69. The third-order valence-electron chi connectivity index (χ3n) is 3.52. The van der Waals surface area contributed by atoms with Crippen molar-refractivity contribution in [2.45, 2.75) is 32.7 Å². The minimum atomic E-state index is -3.35. The highest BCUT2D eigenvalue weighted by Crippen LogP contribution is 2.12. The van der Waals surface area contributed by atoms with Crippen molar-refractivity contribution in [3.05, 3.63) is 52.0 Å². The van der Waals surface area contributed by atoms with Gasteiger partial charge in [0.15, 0.2) is 0 Å². The Labute approximate surface area is 142 Å². The molecule has 2 aromatic rings. The molecular formula is C16H23N3O2S2. The van der Waals surface area contributed by atoms with Crippen LogP contribution in [0.5, 0.6) is 0 Å². The molecular weight excluding hydrogens is 330 g/mol. The van der Waals surface area contributed by atoms with Gasteiger partial charge in [-0.05, 0) is 18.7 Å². The molecule has 7 heteroatoms. The molecule has 23 heavy (non-hydrogen) atoms. The first-order valence-corrected chi connectivity index (χ1v) is 10.2. The second-order valence-electron chi connectivity index (χ2n) is 5.26. The molecule has 0 aliphatic heterocycles. The molecule has 0 radical (unpaired) electrons. The molecule has 0 amide bonds. The number of nitrogens with one attached hydrogen (secondary N) is 1. The van der Waals surface area contributed by atoms with E-state index in [0.717, 1.165) is 35.9 Å². The summed E-state index contributed by atoms with van der Waals surface area (Å²) in [5, 5.41) is 2.79. The minimum Gasteiger partial charge on any atom is -0.298 e. The van der Waals surface area contributed by atoms with Crippen LogP contribution in [0.1, 0.15) is 30.1 Å². The molecule has 0 saturated carbocycles. The average Bonchev–Trinajstić information content (AvgIpc) is 2.99. The Morgan fingerprint density at radius 3 is 2.52 bits per heavy atom. The van der Waals surface area contributed by atoms with Crippen LogP contribution in [-0.4, -0.2) is 31.4 Å². The summed E-state index contributed by atoms with van der Waals surface area (Å²) in [4.78, 5) is 6.78. The number of aromatic nitrogens is 1. The van der Waals surface area contributed by atoms with Crippen LogP contribution in [0, 0.1) is 0 Å². The number of benzene rings is 1. The van der Waals surface area contributed by atoms with Gasteiger partial charge in [0.05, 0.1) is 18.0 Å². The van der Waals surface area contributed by atoms with Crippen molar-refractivity contribution in [2.75, 3.05) is 13.1 Å². The highest BCUT2D eigenvalue weighted by Gasteiger charge is 2.13. The summed E-state index contributed by atoms with van der Waals surface area (Å²) in [5.41, 5.74) is 1.78. The summed E-state index contributed by atoms with van der Waals surface area (Å²) in [6, 6.07) is 9.17. The Balaban J connectivity index is 1.89. The van der Waals surface area contributed by atoms with E-state index in [0.29, 0.717) is 0 Å². The lowest BCUT2D eigenvalue weighted by atomic mass is 10.2. The van der Waals surface area contributed by atoms with Crippen LogP contribution >= 0.6 is 11.3 Å². The first-order chi connectivity index (χ1) is 11.0. The van der Waals surface area contributed by atoms with Gasteiger partial charge in [0.2, 0.25) is 10.0 Å². The third kappa shape index (κ3) is 6.02. The summed E-state index contributed by atoms with van der Waals surface area (Å²) in [6.45, 7) is 7.25. The van der Waals surface area contributed by atoms with Gasteiger partial charge in [-0.15, -0.1) is 11.3 Å². The van der Waals surface area contributed by atoms with E-state index in [1.54, 1.807) is 0 Å². The van der Waals surface area contributed by atoms with Gasteiger partial charge in [-0.2, -0.15) is 0 Å². The Morgan fingerprint density at radius 2 is 1.87 bits per heavy atom. The molecule has 1 N–H and O–H groups in total. The second-order valence-corrected chi connectivity index (χ2v) is 8.01. The molecule has 0 fully saturated rings. The van der Waals surface area contributed by atoms with E-state index in [1.165, 1.54) is 11.3 Å². The van der Waals surface area contributed by atoms with Crippen LogP contribution < -0.4 is 4.72 Å². The molecule has 0 saturated heterocycles. The highest BCUT2D eigenvalue weighted by molar-refractivity contribution is 7.88. The van der Waals surface area contributed by atoms with Gasteiger partial charge < -0.3 is 0 Å². The van der Waals surface area contributed by atoms with Crippen LogP contribution in [0.25, 0.3) is 0 Å². The Hall–Kier alpha value is -1.28. The van der Waals surface area contributed by atoms with Gasteiger partial charge in [-0.25, -0.2) is 18.1 Å². The largest absolute Gasteiger partial charge is 0.298 e. The van der Waals surface area contributed by atoms with E-state index in [2.05, 4.69) is 28.5 Å². The standard InChI is InChI=1S/C16H23N3O2S2/c1-3-19(4-2)11-15-12-22-16(18-15)10-17-23(20,21)13-14-8-6-5-7-9-14/h5-9,12,17H,3-4,10-11,13H2,1-2H3. The van der Waals surface area contributed by atoms with Crippen molar-refractivity contribution in [3.63, 3.8) is 0 Å². The molecule has 1 heterocycles. The van der Waals surface area contributed by atoms with E-state index in [9.17, 15) is 8.42 Å². The summed E-state index contributed by atoms with van der Waals surface area (Å²) in [5.74, 6) is -0.00841. The number of hydrogen-bond acceptors (Lipinski definition) is 5. The van der Waals surface area contributed by atoms with E-state index >= 15 is 0 Å². The molecule has 0 unspecified atom stereocenters. The average molecular weight is 354 g/mol. The third-order valence-corrected chi connectivity index (χ3v) is 5.72. The number of rotatable bonds is 9. The van der Waals surface area contributed by atoms with Crippen molar-refractivity contribution in [2.24, 2.45) is 0 Å². The van der Waals surface area contributed by atoms with E-state index in [4.69, 9.17) is 0 Å². The maximum atomic E-state index is 12.1. The maximum absolute atomic E-state index is 12.1. The quantitative estimate of drug-likeness (QED) is 0.753. The van der Waals surface area contributed by atoms with Crippen molar-refractivity contribution >= 4 is 21.4 Å². The van der Waals surface area contributed by atoms with Gasteiger partial charge in [0.1, 0.15) is 5.01 Å². The number of nitrogens with zero attached hydrogens (tertiary/aromatic N) is 2. The predicted octanol–water partition coefficient (Wildman–Crippen LogP) is 2.60. The predicted molar refractivity (Wildman–Crippen MR) is 94.6 cm³/mol. The maximum Gasteiger partial charge on any atom is 0.216 e. The molecule has 1 aromatic heterocycles. The smallest absolute Gasteiger partial charge is 0.216 e.